The van der Waals surface area contributed by atoms with Gasteiger partial charge < -0.3 is 0 Å². The monoisotopic (exact) mass is 310 g/mol. The zero-order chi connectivity index (χ0) is 16.0. The molecule has 0 amide bonds. The lowest BCUT2D eigenvalue weighted by atomic mass is 9.82. The molecule has 0 saturated carbocycles. The summed E-state index contributed by atoms with van der Waals surface area (Å²) in [5.74, 6) is 1.03. The standard InChI is InChI=1S/C17H15FN4O/c1-2-16-20-17-19-14-7-11(10-3-5-12(18)6-4-10)8-15(23)13(14)9-22(17)21-16/h3-6,9,11H,2,7-8H2,1H3/t11-/m0/s1. The van der Waals surface area contributed by atoms with Crippen LogP contribution in [0.25, 0.3) is 5.78 Å². The molecular weight excluding hydrogens is 295 g/mol. The first-order valence-corrected chi connectivity index (χ1v) is 7.68. The van der Waals surface area contributed by atoms with E-state index in [0.29, 0.717) is 30.0 Å². The molecule has 1 aliphatic carbocycles. The summed E-state index contributed by atoms with van der Waals surface area (Å²) < 4.78 is 14.7. The smallest absolute Gasteiger partial charge is 0.252 e. The van der Waals surface area contributed by atoms with E-state index in [2.05, 4.69) is 15.1 Å². The maximum Gasteiger partial charge on any atom is 0.252 e. The van der Waals surface area contributed by atoms with Gasteiger partial charge in [0.25, 0.3) is 5.78 Å². The average molecular weight is 310 g/mol. The van der Waals surface area contributed by atoms with Crippen LogP contribution in [0.3, 0.4) is 0 Å². The van der Waals surface area contributed by atoms with E-state index in [9.17, 15) is 9.18 Å². The van der Waals surface area contributed by atoms with Gasteiger partial charge in [0.2, 0.25) is 0 Å². The molecule has 0 aliphatic heterocycles. The number of benzene rings is 1. The van der Waals surface area contributed by atoms with Crippen molar-refractivity contribution in [1.29, 1.82) is 0 Å². The first-order valence-electron chi connectivity index (χ1n) is 7.68. The highest BCUT2D eigenvalue weighted by Gasteiger charge is 2.28. The van der Waals surface area contributed by atoms with Gasteiger partial charge in [-0.25, -0.2) is 13.9 Å². The zero-order valence-electron chi connectivity index (χ0n) is 12.7. The Labute approximate surface area is 132 Å². The van der Waals surface area contributed by atoms with Crippen LogP contribution in [0.5, 0.6) is 0 Å². The van der Waals surface area contributed by atoms with Crippen LogP contribution in [-0.4, -0.2) is 25.4 Å². The number of nitrogens with zero attached hydrogens (tertiary/aromatic N) is 4. The van der Waals surface area contributed by atoms with Crippen LogP contribution < -0.4 is 0 Å². The molecular formula is C17H15FN4O. The van der Waals surface area contributed by atoms with Gasteiger partial charge in [0.05, 0.1) is 11.3 Å². The molecule has 116 valence electrons. The fraction of sp³-hybridized carbons (Fsp3) is 0.294. The number of hydrogen-bond acceptors (Lipinski definition) is 4. The second-order valence-corrected chi connectivity index (χ2v) is 5.81. The lowest BCUT2D eigenvalue weighted by Crippen LogP contribution is -2.21. The van der Waals surface area contributed by atoms with Gasteiger partial charge in [-0.2, -0.15) is 4.98 Å². The van der Waals surface area contributed by atoms with Crippen molar-refractivity contribution in [3.05, 3.63) is 58.9 Å². The van der Waals surface area contributed by atoms with Crippen molar-refractivity contribution < 1.29 is 9.18 Å². The van der Waals surface area contributed by atoms with E-state index in [0.717, 1.165) is 17.7 Å². The molecule has 0 bridgehead atoms. The molecule has 0 N–H and O–H groups in total. The number of fused-ring (bicyclic) bond motifs is 2. The zero-order valence-corrected chi connectivity index (χ0v) is 12.7. The summed E-state index contributed by atoms with van der Waals surface area (Å²) in [6.07, 6.45) is 3.51. The second kappa shape index (κ2) is 5.22. The molecule has 1 atom stereocenters. The van der Waals surface area contributed by atoms with E-state index in [1.54, 1.807) is 22.8 Å². The highest BCUT2D eigenvalue weighted by Crippen LogP contribution is 2.32. The van der Waals surface area contributed by atoms with Crippen molar-refractivity contribution >= 4 is 11.6 Å². The number of Topliss-reactive ketones (excluding diaryl/α,β-unsaturated/α-hetero) is 1. The van der Waals surface area contributed by atoms with Crippen molar-refractivity contribution in [2.45, 2.75) is 32.1 Å². The fourth-order valence-electron chi connectivity index (χ4n) is 3.05. The van der Waals surface area contributed by atoms with E-state index in [-0.39, 0.29) is 17.5 Å². The Morgan fingerprint density at radius 2 is 2.00 bits per heavy atom. The Morgan fingerprint density at radius 1 is 1.22 bits per heavy atom. The van der Waals surface area contributed by atoms with E-state index >= 15 is 0 Å². The Morgan fingerprint density at radius 3 is 2.74 bits per heavy atom. The largest absolute Gasteiger partial charge is 0.294 e. The number of carbonyl (C=O) groups excluding carboxylic acids is 1. The van der Waals surface area contributed by atoms with E-state index in [1.165, 1.54) is 12.1 Å². The number of aromatic nitrogens is 4. The molecule has 6 heteroatoms. The molecule has 0 spiro atoms. The van der Waals surface area contributed by atoms with E-state index < -0.39 is 0 Å². The van der Waals surface area contributed by atoms with Crippen LogP contribution in [0, 0.1) is 5.82 Å². The van der Waals surface area contributed by atoms with Gasteiger partial charge in [0, 0.05) is 19.0 Å². The van der Waals surface area contributed by atoms with Gasteiger partial charge in [0.1, 0.15) is 5.82 Å². The lowest BCUT2D eigenvalue weighted by molar-refractivity contribution is 0.0962. The topological polar surface area (TPSA) is 60.1 Å². The van der Waals surface area contributed by atoms with Crippen LogP contribution in [0.1, 0.15) is 46.7 Å². The number of carbonyl (C=O) groups is 1. The SMILES string of the molecule is CCc1nc2nc3c(cn2n1)C(=O)C[C@@H](c1ccc(F)cc1)C3. The second-order valence-electron chi connectivity index (χ2n) is 5.81. The van der Waals surface area contributed by atoms with Crippen molar-refractivity contribution in [1.82, 2.24) is 19.6 Å². The quantitative estimate of drug-likeness (QED) is 0.730. The van der Waals surface area contributed by atoms with Gasteiger partial charge in [-0.05, 0) is 30.0 Å². The third-order valence-corrected chi connectivity index (χ3v) is 4.28. The highest BCUT2D eigenvalue weighted by molar-refractivity contribution is 5.98. The maximum atomic E-state index is 13.1. The molecule has 0 unspecified atom stereocenters. The van der Waals surface area contributed by atoms with Crippen LogP contribution in [0.4, 0.5) is 4.39 Å². The summed E-state index contributed by atoms with van der Waals surface area (Å²) in [6.45, 7) is 1.98. The molecule has 5 nitrogen and oxygen atoms in total. The molecule has 2 heterocycles. The van der Waals surface area contributed by atoms with Gasteiger partial charge in [-0.1, -0.05) is 19.1 Å². The van der Waals surface area contributed by atoms with Crippen LogP contribution in [0.15, 0.2) is 30.5 Å². The maximum absolute atomic E-state index is 13.1. The predicted molar refractivity (Wildman–Crippen MR) is 82.0 cm³/mol. The molecule has 0 fully saturated rings. The van der Waals surface area contributed by atoms with Crippen molar-refractivity contribution in [2.75, 3.05) is 0 Å². The highest BCUT2D eigenvalue weighted by atomic mass is 19.1. The molecule has 1 aliphatic rings. The van der Waals surface area contributed by atoms with Crippen molar-refractivity contribution in [3.8, 4) is 0 Å². The van der Waals surface area contributed by atoms with Gasteiger partial charge in [-0.15, -0.1) is 5.10 Å². The van der Waals surface area contributed by atoms with Crippen molar-refractivity contribution in [3.63, 3.8) is 0 Å². The Kier molecular flexibility index (Phi) is 3.18. The van der Waals surface area contributed by atoms with Gasteiger partial charge in [-0.3, -0.25) is 4.79 Å². The third-order valence-electron chi connectivity index (χ3n) is 4.28. The number of ketones is 1. The normalized spacial score (nSPS) is 17.5. The van der Waals surface area contributed by atoms with Crippen molar-refractivity contribution in [2.24, 2.45) is 0 Å². The number of hydrogen-bond donors (Lipinski definition) is 0. The van der Waals surface area contributed by atoms with Gasteiger partial charge >= 0.3 is 0 Å². The minimum atomic E-state index is -0.272. The van der Waals surface area contributed by atoms with E-state index in [1.807, 2.05) is 6.92 Å². The fourth-order valence-corrected chi connectivity index (χ4v) is 3.05. The first kappa shape index (κ1) is 14.0. The average Bonchev–Trinajstić information content (AvgIpc) is 2.96. The summed E-state index contributed by atoms with van der Waals surface area (Å²) in [7, 11) is 0. The number of halogens is 1. The Bertz CT molecular complexity index is 901. The van der Waals surface area contributed by atoms with Crippen LogP contribution >= 0.6 is 0 Å². The molecule has 23 heavy (non-hydrogen) atoms. The minimum Gasteiger partial charge on any atom is -0.294 e. The molecule has 4 rings (SSSR count). The van der Waals surface area contributed by atoms with Gasteiger partial charge in [0.15, 0.2) is 11.6 Å². The molecule has 0 radical (unpaired) electrons. The predicted octanol–water partition coefficient (Wildman–Crippen LogP) is 2.74. The summed E-state index contributed by atoms with van der Waals surface area (Å²) in [5.41, 5.74) is 2.32. The summed E-state index contributed by atoms with van der Waals surface area (Å²) in [6, 6.07) is 6.34. The Hall–Kier alpha value is -2.63. The Balaban J connectivity index is 1.75. The molecule has 1 aromatic carbocycles. The third kappa shape index (κ3) is 2.40. The first-order chi connectivity index (χ1) is 11.1. The molecule has 3 aromatic rings. The minimum absolute atomic E-state index is 0.0270. The number of rotatable bonds is 2. The summed E-state index contributed by atoms with van der Waals surface area (Å²) >= 11 is 0. The number of aryl methyl sites for hydroxylation is 1. The summed E-state index contributed by atoms with van der Waals surface area (Å²) in [4.78, 5) is 21.4. The van der Waals surface area contributed by atoms with E-state index in [4.69, 9.17) is 0 Å². The van der Waals surface area contributed by atoms with Crippen LogP contribution in [-0.2, 0) is 12.8 Å². The lowest BCUT2D eigenvalue weighted by Gasteiger charge is -2.23. The summed E-state index contributed by atoms with van der Waals surface area (Å²) in [5, 5.41) is 4.31. The molecule has 0 saturated heterocycles. The molecule has 2 aromatic heterocycles. The van der Waals surface area contributed by atoms with Crippen LogP contribution in [0.2, 0.25) is 0 Å².